The van der Waals surface area contributed by atoms with Crippen molar-refractivity contribution in [1.82, 2.24) is 15.0 Å². The number of aromatic nitrogens is 3. The van der Waals surface area contributed by atoms with E-state index in [2.05, 4.69) is 37.1 Å². The Balaban J connectivity index is 1.80. The normalized spacial score (nSPS) is 11.1. The molecule has 0 aliphatic heterocycles. The van der Waals surface area contributed by atoms with Crippen molar-refractivity contribution >= 4 is 0 Å². The van der Waals surface area contributed by atoms with Crippen molar-refractivity contribution in [3.05, 3.63) is 41.2 Å². The maximum Gasteiger partial charge on any atom is 0.122 e. The summed E-state index contributed by atoms with van der Waals surface area (Å²) in [5.74, 6) is 1.35. The number of hydrogen-bond donors (Lipinski definition) is 1. The minimum absolute atomic E-state index is 0.386. The molecule has 0 bridgehead atoms. The lowest BCUT2D eigenvalue weighted by molar-refractivity contribution is 0.299. The summed E-state index contributed by atoms with van der Waals surface area (Å²) < 4.78 is 7.80. The van der Waals surface area contributed by atoms with E-state index in [0.29, 0.717) is 12.5 Å². The number of nitrogens with zero attached hydrogens (tertiary/aromatic N) is 3. The summed E-state index contributed by atoms with van der Waals surface area (Å²) in [5, 5.41) is 8.39. The third-order valence-electron chi connectivity index (χ3n) is 3.70. The van der Waals surface area contributed by atoms with E-state index >= 15 is 0 Å². The summed E-state index contributed by atoms with van der Waals surface area (Å²) in [7, 11) is 0. The van der Waals surface area contributed by atoms with Gasteiger partial charge in [0.05, 0.1) is 18.0 Å². The van der Waals surface area contributed by atoms with Crippen LogP contribution in [-0.2, 0) is 13.1 Å². The average Bonchev–Trinajstić information content (AvgIpc) is 2.92. The zero-order chi connectivity index (χ0) is 15.9. The average molecular weight is 302 g/mol. The van der Waals surface area contributed by atoms with Gasteiger partial charge in [0.15, 0.2) is 0 Å². The number of ether oxygens (including phenoxy) is 1. The van der Waals surface area contributed by atoms with Crippen molar-refractivity contribution in [2.24, 2.45) is 5.73 Å². The lowest BCUT2D eigenvalue weighted by Crippen LogP contribution is -2.10. The number of aryl methyl sites for hydroxylation is 2. The van der Waals surface area contributed by atoms with E-state index in [9.17, 15) is 0 Å². The quantitative estimate of drug-likeness (QED) is 0.761. The predicted octanol–water partition coefficient (Wildman–Crippen LogP) is 3.03. The summed E-state index contributed by atoms with van der Waals surface area (Å²) in [5.41, 5.74) is 8.96. The molecular formula is C17H26N4O. The molecule has 22 heavy (non-hydrogen) atoms. The molecule has 0 fully saturated rings. The van der Waals surface area contributed by atoms with Crippen LogP contribution in [0.15, 0.2) is 24.3 Å². The summed E-state index contributed by atoms with van der Waals surface area (Å²) in [4.78, 5) is 0. The van der Waals surface area contributed by atoms with Crippen LogP contribution in [0.1, 0.15) is 49.6 Å². The van der Waals surface area contributed by atoms with Gasteiger partial charge in [0.1, 0.15) is 5.75 Å². The van der Waals surface area contributed by atoms with Crippen LogP contribution in [0.25, 0.3) is 0 Å². The van der Waals surface area contributed by atoms with Gasteiger partial charge in [-0.1, -0.05) is 37.3 Å². The molecule has 5 heteroatoms. The van der Waals surface area contributed by atoms with Gasteiger partial charge >= 0.3 is 0 Å². The van der Waals surface area contributed by atoms with Gasteiger partial charge in [0, 0.05) is 13.1 Å². The highest BCUT2D eigenvalue weighted by Gasteiger charge is 2.14. The standard InChI is InChI=1S/C17H26N4O/c1-13(2)17-15(12-18)19-20-21(17)10-6-7-11-22-16-9-5-4-8-14(16)3/h4-5,8-9,13H,6-7,10-12,18H2,1-3H3. The molecule has 0 aliphatic rings. The van der Waals surface area contributed by atoms with Gasteiger partial charge < -0.3 is 10.5 Å². The van der Waals surface area contributed by atoms with Crippen molar-refractivity contribution in [3.8, 4) is 5.75 Å². The minimum atomic E-state index is 0.386. The summed E-state index contributed by atoms with van der Waals surface area (Å²) in [6, 6.07) is 8.10. The fraction of sp³-hybridized carbons (Fsp3) is 0.529. The SMILES string of the molecule is Cc1ccccc1OCCCCn1nnc(CN)c1C(C)C. The summed E-state index contributed by atoms with van der Waals surface area (Å²) >= 11 is 0. The van der Waals surface area contributed by atoms with Crippen molar-refractivity contribution in [2.75, 3.05) is 6.61 Å². The Kier molecular flexibility index (Phi) is 5.95. The number of hydrogen-bond acceptors (Lipinski definition) is 4. The van der Waals surface area contributed by atoms with Gasteiger partial charge in [-0.25, -0.2) is 4.68 Å². The highest BCUT2D eigenvalue weighted by atomic mass is 16.5. The van der Waals surface area contributed by atoms with E-state index < -0.39 is 0 Å². The molecule has 0 amide bonds. The second-order valence-corrected chi connectivity index (χ2v) is 5.82. The van der Waals surface area contributed by atoms with E-state index in [0.717, 1.165) is 43.1 Å². The van der Waals surface area contributed by atoms with E-state index in [1.165, 1.54) is 5.56 Å². The first kappa shape index (κ1) is 16.5. The second kappa shape index (κ2) is 7.94. The molecule has 2 rings (SSSR count). The van der Waals surface area contributed by atoms with Crippen LogP contribution in [-0.4, -0.2) is 21.6 Å². The largest absolute Gasteiger partial charge is 0.493 e. The lowest BCUT2D eigenvalue weighted by Gasteiger charge is -2.11. The van der Waals surface area contributed by atoms with E-state index in [1.807, 2.05) is 22.9 Å². The topological polar surface area (TPSA) is 66.0 Å². The Morgan fingerprint density at radius 2 is 2.00 bits per heavy atom. The summed E-state index contributed by atoms with van der Waals surface area (Å²) in [6.07, 6.45) is 2.00. The minimum Gasteiger partial charge on any atom is -0.493 e. The zero-order valence-electron chi connectivity index (χ0n) is 13.7. The maximum absolute atomic E-state index is 5.81. The van der Waals surface area contributed by atoms with Gasteiger partial charge in [-0.2, -0.15) is 0 Å². The fourth-order valence-corrected chi connectivity index (χ4v) is 2.56. The molecule has 2 aromatic rings. The fourth-order valence-electron chi connectivity index (χ4n) is 2.56. The first-order valence-corrected chi connectivity index (χ1v) is 7.94. The number of nitrogens with two attached hydrogens (primary N) is 1. The number of unbranched alkanes of at least 4 members (excludes halogenated alkanes) is 1. The molecular weight excluding hydrogens is 276 g/mol. The molecule has 0 saturated heterocycles. The van der Waals surface area contributed by atoms with Gasteiger partial charge in [0.25, 0.3) is 0 Å². The lowest BCUT2D eigenvalue weighted by atomic mass is 10.1. The van der Waals surface area contributed by atoms with Crippen molar-refractivity contribution in [2.45, 2.75) is 52.6 Å². The van der Waals surface area contributed by atoms with Gasteiger partial charge in [-0.15, -0.1) is 5.10 Å². The highest BCUT2D eigenvalue weighted by molar-refractivity contribution is 5.31. The van der Waals surface area contributed by atoms with Crippen molar-refractivity contribution in [1.29, 1.82) is 0 Å². The number of benzene rings is 1. The molecule has 0 spiro atoms. The third-order valence-corrected chi connectivity index (χ3v) is 3.70. The zero-order valence-corrected chi connectivity index (χ0v) is 13.7. The molecule has 0 radical (unpaired) electrons. The molecule has 0 atom stereocenters. The Hall–Kier alpha value is -1.88. The smallest absolute Gasteiger partial charge is 0.122 e. The second-order valence-electron chi connectivity index (χ2n) is 5.82. The molecule has 1 aromatic heterocycles. The van der Waals surface area contributed by atoms with Crippen LogP contribution >= 0.6 is 0 Å². The molecule has 1 heterocycles. The van der Waals surface area contributed by atoms with Crippen LogP contribution in [0.5, 0.6) is 5.75 Å². The molecule has 0 saturated carbocycles. The Morgan fingerprint density at radius 1 is 1.23 bits per heavy atom. The van der Waals surface area contributed by atoms with Crippen LogP contribution in [0.3, 0.4) is 0 Å². The van der Waals surface area contributed by atoms with Crippen LogP contribution < -0.4 is 10.5 Å². The predicted molar refractivity (Wildman–Crippen MR) is 87.9 cm³/mol. The molecule has 120 valence electrons. The van der Waals surface area contributed by atoms with Gasteiger partial charge in [0.2, 0.25) is 0 Å². The monoisotopic (exact) mass is 302 g/mol. The third kappa shape index (κ3) is 4.07. The van der Waals surface area contributed by atoms with Crippen LogP contribution in [0.4, 0.5) is 0 Å². The Labute approximate surface area is 132 Å². The number of para-hydroxylation sites is 1. The number of rotatable bonds is 8. The summed E-state index contributed by atoms with van der Waals surface area (Å²) in [6.45, 7) is 8.39. The van der Waals surface area contributed by atoms with Gasteiger partial charge in [-0.3, -0.25) is 0 Å². The first-order valence-electron chi connectivity index (χ1n) is 7.94. The first-order chi connectivity index (χ1) is 10.6. The molecule has 2 N–H and O–H groups in total. The Morgan fingerprint density at radius 3 is 2.68 bits per heavy atom. The molecule has 0 aliphatic carbocycles. The van der Waals surface area contributed by atoms with Crippen molar-refractivity contribution in [3.63, 3.8) is 0 Å². The van der Waals surface area contributed by atoms with Crippen LogP contribution in [0.2, 0.25) is 0 Å². The van der Waals surface area contributed by atoms with E-state index in [4.69, 9.17) is 10.5 Å². The van der Waals surface area contributed by atoms with Crippen LogP contribution in [0, 0.1) is 6.92 Å². The van der Waals surface area contributed by atoms with Crippen molar-refractivity contribution < 1.29 is 4.74 Å². The van der Waals surface area contributed by atoms with E-state index in [-0.39, 0.29) is 0 Å². The highest BCUT2D eigenvalue weighted by Crippen LogP contribution is 2.18. The molecule has 1 aromatic carbocycles. The maximum atomic E-state index is 5.81. The van der Waals surface area contributed by atoms with E-state index in [1.54, 1.807) is 0 Å². The molecule has 5 nitrogen and oxygen atoms in total. The Bertz CT molecular complexity index is 592. The van der Waals surface area contributed by atoms with Gasteiger partial charge in [-0.05, 0) is 37.3 Å². The molecule has 0 unspecified atom stereocenters.